The molecule has 1 atom stereocenters. The van der Waals surface area contributed by atoms with Gasteiger partial charge >= 0.3 is 0 Å². The lowest BCUT2D eigenvalue weighted by Crippen LogP contribution is -2.31. The van der Waals surface area contributed by atoms with Crippen LogP contribution in [0, 0.1) is 16.7 Å². The Balaban J connectivity index is 3.30. The van der Waals surface area contributed by atoms with E-state index >= 15 is 0 Å². The molecule has 0 aliphatic heterocycles. The maximum atomic E-state index is 9.33. The van der Waals surface area contributed by atoms with E-state index in [0.717, 1.165) is 11.3 Å². The maximum Gasteiger partial charge on any atom is 0.123 e. The number of hydrogen-bond acceptors (Lipinski definition) is 3. The average molecular weight is 260 g/mol. The van der Waals surface area contributed by atoms with Gasteiger partial charge in [-0.2, -0.15) is 5.26 Å². The first-order valence-corrected chi connectivity index (χ1v) is 6.63. The third-order valence-corrected chi connectivity index (χ3v) is 3.53. The second kappa shape index (κ2) is 6.08. The molecule has 1 rings (SSSR count). The van der Waals surface area contributed by atoms with Crippen molar-refractivity contribution in [2.45, 2.75) is 39.7 Å². The summed E-state index contributed by atoms with van der Waals surface area (Å²) in [6, 6.07) is 8.54. The maximum absolute atomic E-state index is 9.33. The van der Waals surface area contributed by atoms with Crippen LogP contribution in [0.2, 0.25) is 0 Å². The van der Waals surface area contributed by atoms with Crippen LogP contribution in [0.3, 0.4) is 0 Å². The number of nitrogens with one attached hydrogen (secondary N) is 1. The molecule has 0 saturated carbocycles. The minimum Gasteiger partial charge on any atom is -0.496 e. The Bertz CT molecular complexity index is 472. The van der Waals surface area contributed by atoms with Gasteiger partial charge in [0.2, 0.25) is 0 Å². The van der Waals surface area contributed by atoms with Crippen molar-refractivity contribution >= 4 is 0 Å². The van der Waals surface area contributed by atoms with E-state index in [1.165, 1.54) is 5.56 Å². The number of methoxy groups -OCH3 is 1. The van der Waals surface area contributed by atoms with Gasteiger partial charge in [0.25, 0.3) is 0 Å². The van der Waals surface area contributed by atoms with Crippen molar-refractivity contribution in [3.63, 3.8) is 0 Å². The molecule has 1 aromatic rings. The molecule has 1 aromatic carbocycles. The van der Waals surface area contributed by atoms with E-state index in [9.17, 15) is 5.26 Å². The number of nitriles is 1. The molecule has 1 unspecified atom stereocenters. The summed E-state index contributed by atoms with van der Waals surface area (Å²) < 4.78 is 5.51. The molecule has 0 saturated heterocycles. The third kappa shape index (κ3) is 3.27. The largest absolute Gasteiger partial charge is 0.496 e. The summed E-state index contributed by atoms with van der Waals surface area (Å²) in [5.41, 5.74) is 1.77. The number of ether oxygens (including phenoxy) is 1. The zero-order valence-electron chi connectivity index (χ0n) is 12.7. The van der Waals surface area contributed by atoms with Crippen LogP contribution in [0.4, 0.5) is 0 Å². The predicted molar refractivity (Wildman–Crippen MR) is 78.3 cm³/mol. The van der Waals surface area contributed by atoms with Gasteiger partial charge in [-0.25, -0.2) is 0 Å². The van der Waals surface area contributed by atoms with Gasteiger partial charge in [-0.05, 0) is 38.4 Å². The fourth-order valence-corrected chi connectivity index (χ4v) is 2.29. The van der Waals surface area contributed by atoms with Gasteiger partial charge in [0.05, 0.1) is 24.6 Å². The molecule has 0 aliphatic rings. The standard InChI is InChI=1S/C16H24N2O/c1-11(2)12-7-8-13(14(9-12)19-6)15(18-5)16(3,4)10-17/h7-9,11,15,18H,1-6H3. The van der Waals surface area contributed by atoms with Gasteiger partial charge in [-0.3, -0.25) is 0 Å². The normalized spacial score (nSPS) is 13.2. The quantitative estimate of drug-likeness (QED) is 0.879. The number of hydrogen-bond donors (Lipinski definition) is 1. The fraction of sp³-hybridized carbons (Fsp3) is 0.562. The minimum absolute atomic E-state index is 0.0614. The van der Waals surface area contributed by atoms with Gasteiger partial charge in [-0.1, -0.05) is 26.0 Å². The van der Waals surface area contributed by atoms with Crippen LogP contribution >= 0.6 is 0 Å². The van der Waals surface area contributed by atoms with Gasteiger partial charge in [0.15, 0.2) is 0 Å². The topological polar surface area (TPSA) is 45.0 Å². The molecule has 0 aliphatic carbocycles. The molecular formula is C16H24N2O. The summed E-state index contributed by atoms with van der Waals surface area (Å²) in [6.07, 6.45) is 0. The van der Waals surface area contributed by atoms with E-state index in [1.807, 2.05) is 20.9 Å². The lowest BCUT2D eigenvalue weighted by molar-refractivity contribution is 0.326. The number of rotatable bonds is 5. The number of nitrogens with zero attached hydrogens (tertiary/aromatic N) is 1. The Labute approximate surface area is 116 Å². The van der Waals surface area contributed by atoms with E-state index in [1.54, 1.807) is 7.11 Å². The van der Waals surface area contributed by atoms with Crippen LogP contribution < -0.4 is 10.1 Å². The summed E-state index contributed by atoms with van der Waals surface area (Å²) >= 11 is 0. The Morgan fingerprint density at radius 2 is 1.95 bits per heavy atom. The molecular weight excluding hydrogens is 236 g/mol. The van der Waals surface area contributed by atoms with Crippen LogP contribution in [0.25, 0.3) is 0 Å². The highest BCUT2D eigenvalue weighted by molar-refractivity contribution is 5.42. The molecule has 0 bridgehead atoms. The van der Waals surface area contributed by atoms with Crippen molar-refractivity contribution in [3.05, 3.63) is 29.3 Å². The SMILES string of the molecule is CNC(c1ccc(C(C)C)cc1OC)C(C)(C)C#N. The molecule has 0 aromatic heterocycles. The van der Waals surface area contributed by atoms with Crippen LogP contribution in [0.1, 0.15) is 50.8 Å². The first-order chi connectivity index (χ1) is 8.87. The fourth-order valence-electron chi connectivity index (χ4n) is 2.29. The van der Waals surface area contributed by atoms with Gasteiger partial charge in [0.1, 0.15) is 5.75 Å². The second-order valence-electron chi connectivity index (χ2n) is 5.71. The van der Waals surface area contributed by atoms with E-state index in [0.29, 0.717) is 5.92 Å². The minimum atomic E-state index is -0.499. The van der Waals surface area contributed by atoms with Crippen molar-refractivity contribution in [1.82, 2.24) is 5.32 Å². The van der Waals surface area contributed by atoms with Crippen molar-refractivity contribution < 1.29 is 4.74 Å². The molecule has 0 amide bonds. The van der Waals surface area contributed by atoms with Gasteiger partial charge < -0.3 is 10.1 Å². The average Bonchev–Trinajstić information content (AvgIpc) is 2.39. The Kier molecular flexibility index (Phi) is 4.97. The van der Waals surface area contributed by atoms with Crippen LogP contribution in [0.15, 0.2) is 18.2 Å². The summed E-state index contributed by atoms with van der Waals surface area (Å²) in [7, 11) is 3.55. The smallest absolute Gasteiger partial charge is 0.123 e. The van der Waals surface area contributed by atoms with Gasteiger partial charge in [-0.15, -0.1) is 0 Å². The van der Waals surface area contributed by atoms with Crippen LogP contribution in [-0.4, -0.2) is 14.2 Å². The Hall–Kier alpha value is -1.53. The zero-order chi connectivity index (χ0) is 14.6. The highest BCUT2D eigenvalue weighted by Gasteiger charge is 2.31. The summed E-state index contributed by atoms with van der Waals surface area (Å²) in [6.45, 7) is 8.18. The van der Waals surface area contributed by atoms with E-state index in [-0.39, 0.29) is 6.04 Å². The van der Waals surface area contributed by atoms with Crippen molar-refractivity contribution in [3.8, 4) is 11.8 Å². The Morgan fingerprint density at radius 3 is 2.37 bits per heavy atom. The lowest BCUT2D eigenvalue weighted by atomic mass is 9.81. The molecule has 3 heteroatoms. The first-order valence-electron chi connectivity index (χ1n) is 6.63. The highest BCUT2D eigenvalue weighted by atomic mass is 16.5. The lowest BCUT2D eigenvalue weighted by Gasteiger charge is -2.29. The zero-order valence-corrected chi connectivity index (χ0v) is 12.7. The van der Waals surface area contributed by atoms with Gasteiger partial charge in [0, 0.05) is 5.56 Å². The molecule has 0 fully saturated rings. The Morgan fingerprint density at radius 1 is 1.32 bits per heavy atom. The van der Waals surface area contributed by atoms with E-state index in [4.69, 9.17) is 4.74 Å². The monoisotopic (exact) mass is 260 g/mol. The van der Waals surface area contributed by atoms with E-state index in [2.05, 4.69) is 43.4 Å². The van der Waals surface area contributed by atoms with Crippen molar-refractivity contribution in [1.29, 1.82) is 5.26 Å². The second-order valence-corrected chi connectivity index (χ2v) is 5.71. The first kappa shape index (κ1) is 15.5. The molecule has 0 radical (unpaired) electrons. The third-order valence-electron chi connectivity index (χ3n) is 3.53. The molecule has 19 heavy (non-hydrogen) atoms. The highest BCUT2D eigenvalue weighted by Crippen LogP contribution is 2.38. The van der Waals surface area contributed by atoms with Crippen LogP contribution in [0.5, 0.6) is 5.75 Å². The molecule has 1 N–H and O–H groups in total. The summed E-state index contributed by atoms with van der Waals surface area (Å²) in [4.78, 5) is 0. The summed E-state index contributed by atoms with van der Waals surface area (Å²) in [5, 5.41) is 12.6. The van der Waals surface area contributed by atoms with Crippen molar-refractivity contribution in [2.75, 3.05) is 14.2 Å². The molecule has 3 nitrogen and oxygen atoms in total. The van der Waals surface area contributed by atoms with Crippen LogP contribution in [-0.2, 0) is 0 Å². The molecule has 104 valence electrons. The summed E-state index contributed by atoms with van der Waals surface area (Å²) in [5.74, 6) is 1.30. The predicted octanol–water partition coefficient (Wildman–Crippen LogP) is 3.63. The van der Waals surface area contributed by atoms with Crippen molar-refractivity contribution in [2.24, 2.45) is 5.41 Å². The molecule has 0 spiro atoms. The van der Waals surface area contributed by atoms with E-state index < -0.39 is 5.41 Å². The number of benzene rings is 1. The molecule has 0 heterocycles.